The average molecular weight is 387 g/mol. The van der Waals surface area contributed by atoms with Crippen molar-refractivity contribution in [2.75, 3.05) is 11.9 Å². The van der Waals surface area contributed by atoms with Gasteiger partial charge in [-0.3, -0.25) is 14.8 Å². The summed E-state index contributed by atoms with van der Waals surface area (Å²) < 4.78 is 0. The largest absolute Gasteiger partial charge is 0.331 e. The average Bonchev–Trinajstić information content (AvgIpc) is 3.23. The molecule has 1 aliphatic rings. The predicted octanol–water partition coefficient (Wildman–Crippen LogP) is 3.09. The van der Waals surface area contributed by atoms with Gasteiger partial charge in [0, 0.05) is 43.5 Å². The van der Waals surface area contributed by atoms with E-state index in [1.165, 1.54) is 0 Å². The van der Waals surface area contributed by atoms with Crippen molar-refractivity contribution < 1.29 is 4.79 Å². The molecule has 0 unspecified atom stereocenters. The predicted molar refractivity (Wildman–Crippen MR) is 109 cm³/mol. The molecule has 1 N–H and O–H groups in total. The number of anilines is 2. The molecule has 4 heterocycles. The Morgan fingerprint density at radius 3 is 2.86 bits per heavy atom. The number of pyridine rings is 1. The van der Waals surface area contributed by atoms with E-state index in [1.54, 1.807) is 43.1 Å². The van der Waals surface area contributed by atoms with Crippen LogP contribution in [0.3, 0.4) is 0 Å². The highest BCUT2D eigenvalue weighted by Gasteiger charge is 2.30. The summed E-state index contributed by atoms with van der Waals surface area (Å²) in [7, 11) is 0. The maximum Gasteiger partial charge on any atom is 0.247 e. The second-order valence-electron chi connectivity index (χ2n) is 6.75. The number of nitrogens with zero attached hydrogens (tertiary/aromatic N) is 6. The van der Waals surface area contributed by atoms with Gasteiger partial charge in [-0.15, -0.1) is 0 Å². The van der Waals surface area contributed by atoms with E-state index in [2.05, 4.69) is 30.2 Å². The lowest BCUT2D eigenvalue weighted by molar-refractivity contribution is -0.126. The van der Waals surface area contributed by atoms with Gasteiger partial charge in [0.05, 0.1) is 17.9 Å². The fourth-order valence-corrected chi connectivity index (χ4v) is 3.40. The smallest absolute Gasteiger partial charge is 0.247 e. The Balaban J connectivity index is 1.53. The van der Waals surface area contributed by atoms with Gasteiger partial charge >= 0.3 is 0 Å². The summed E-state index contributed by atoms with van der Waals surface area (Å²) in [6.45, 7) is 2.55. The number of aromatic nitrogens is 5. The lowest BCUT2D eigenvalue weighted by Crippen LogP contribution is -2.29. The highest BCUT2D eigenvalue weighted by molar-refractivity contribution is 5.92. The van der Waals surface area contributed by atoms with E-state index in [0.29, 0.717) is 24.0 Å². The van der Waals surface area contributed by atoms with Gasteiger partial charge in [0.25, 0.3) is 0 Å². The number of rotatable bonds is 5. The number of hydrogen-bond acceptors (Lipinski definition) is 7. The molecule has 0 spiro atoms. The maximum atomic E-state index is 12.8. The van der Waals surface area contributed by atoms with Crippen LogP contribution < -0.4 is 5.32 Å². The van der Waals surface area contributed by atoms with Crippen molar-refractivity contribution in [1.29, 1.82) is 0 Å². The van der Waals surface area contributed by atoms with Crippen molar-refractivity contribution in [3.63, 3.8) is 0 Å². The van der Waals surface area contributed by atoms with Crippen LogP contribution in [0.5, 0.6) is 0 Å². The summed E-state index contributed by atoms with van der Waals surface area (Å²) in [4.78, 5) is 36.0. The first-order chi connectivity index (χ1) is 14.2. The number of carbonyl (C=O) groups is 1. The molecule has 8 nitrogen and oxygen atoms in total. The number of aryl methyl sites for hydroxylation is 1. The quantitative estimate of drug-likeness (QED) is 0.672. The summed E-state index contributed by atoms with van der Waals surface area (Å²) in [6, 6.07) is 5.56. The molecule has 1 fully saturated rings. The van der Waals surface area contributed by atoms with Crippen molar-refractivity contribution in [2.45, 2.75) is 25.8 Å². The molecular formula is C21H21N7O. The summed E-state index contributed by atoms with van der Waals surface area (Å²) in [5, 5.41) is 3.15. The fourth-order valence-electron chi connectivity index (χ4n) is 3.40. The minimum Gasteiger partial charge on any atom is -0.331 e. The molecule has 29 heavy (non-hydrogen) atoms. The lowest BCUT2D eigenvalue weighted by atomic mass is 10.1. The molecule has 1 saturated heterocycles. The van der Waals surface area contributed by atoms with E-state index in [1.807, 2.05) is 30.0 Å². The molecule has 8 heteroatoms. The fraction of sp³-hybridized carbons (Fsp3) is 0.238. The third kappa shape index (κ3) is 4.60. The first-order valence-corrected chi connectivity index (χ1v) is 9.46. The standard InChI is InChI=1S/C21H21N7O/c1-15-25-17(12-19(26-15)27-20-14-23-9-10-24-20)18-5-3-11-28(18)21(29)7-6-16-4-2-8-22-13-16/h2,4,6-10,12-14,18H,3,5,11H2,1H3,(H,24,25,26,27)/b7-6+/t18-/m0/s1. The van der Waals surface area contributed by atoms with Gasteiger partial charge in [-0.05, 0) is 37.5 Å². The topological polar surface area (TPSA) is 96.8 Å². The van der Waals surface area contributed by atoms with Crippen LogP contribution in [-0.4, -0.2) is 42.3 Å². The third-order valence-electron chi connectivity index (χ3n) is 4.66. The van der Waals surface area contributed by atoms with Gasteiger partial charge in [-0.25, -0.2) is 15.0 Å². The minimum atomic E-state index is -0.0786. The van der Waals surface area contributed by atoms with Crippen LogP contribution in [0.2, 0.25) is 0 Å². The van der Waals surface area contributed by atoms with E-state index >= 15 is 0 Å². The molecule has 146 valence electrons. The lowest BCUT2D eigenvalue weighted by Gasteiger charge is -2.23. The summed E-state index contributed by atoms with van der Waals surface area (Å²) in [6.07, 6.45) is 13.5. The van der Waals surface area contributed by atoms with Crippen LogP contribution >= 0.6 is 0 Å². The van der Waals surface area contributed by atoms with E-state index in [-0.39, 0.29) is 11.9 Å². The second-order valence-corrected chi connectivity index (χ2v) is 6.75. The molecular weight excluding hydrogens is 366 g/mol. The Morgan fingerprint density at radius 2 is 2.07 bits per heavy atom. The van der Waals surface area contributed by atoms with Gasteiger partial charge in [0.1, 0.15) is 17.5 Å². The van der Waals surface area contributed by atoms with Crippen LogP contribution in [0.15, 0.2) is 55.3 Å². The van der Waals surface area contributed by atoms with Crippen molar-refractivity contribution in [3.05, 3.63) is 72.3 Å². The van der Waals surface area contributed by atoms with Gasteiger partial charge in [-0.1, -0.05) is 6.07 Å². The highest BCUT2D eigenvalue weighted by atomic mass is 16.2. The van der Waals surface area contributed by atoms with Crippen LogP contribution in [0.1, 0.15) is 36.0 Å². The molecule has 1 amide bonds. The Morgan fingerprint density at radius 1 is 1.17 bits per heavy atom. The van der Waals surface area contributed by atoms with Gasteiger partial charge in [-0.2, -0.15) is 0 Å². The van der Waals surface area contributed by atoms with E-state index < -0.39 is 0 Å². The zero-order valence-electron chi connectivity index (χ0n) is 16.1. The van der Waals surface area contributed by atoms with Crippen molar-refractivity contribution in [2.24, 2.45) is 0 Å². The van der Waals surface area contributed by atoms with Crippen LogP contribution in [0.4, 0.5) is 11.6 Å². The van der Waals surface area contributed by atoms with Gasteiger partial charge in [0.15, 0.2) is 0 Å². The van der Waals surface area contributed by atoms with Gasteiger partial charge in [0.2, 0.25) is 5.91 Å². The molecule has 0 aliphatic carbocycles. The number of nitrogens with one attached hydrogen (secondary N) is 1. The molecule has 3 aromatic rings. The number of hydrogen-bond donors (Lipinski definition) is 1. The maximum absolute atomic E-state index is 12.8. The first kappa shape index (κ1) is 18.7. The van der Waals surface area contributed by atoms with E-state index in [0.717, 1.165) is 24.1 Å². The SMILES string of the molecule is Cc1nc(Nc2cnccn2)cc([C@@H]2CCCN2C(=O)/C=C/c2cccnc2)n1. The summed E-state index contributed by atoms with van der Waals surface area (Å²) in [5.74, 6) is 1.85. The third-order valence-corrected chi connectivity index (χ3v) is 4.66. The Kier molecular flexibility index (Phi) is 5.51. The Bertz CT molecular complexity index is 1010. The molecule has 0 aromatic carbocycles. The second kappa shape index (κ2) is 8.55. The normalized spacial score (nSPS) is 16.3. The van der Waals surface area contributed by atoms with E-state index in [4.69, 9.17) is 0 Å². The van der Waals surface area contributed by atoms with Crippen LogP contribution in [0.25, 0.3) is 6.08 Å². The van der Waals surface area contributed by atoms with E-state index in [9.17, 15) is 4.79 Å². The zero-order valence-corrected chi connectivity index (χ0v) is 16.1. The molecule has 1 aliphatic heterocycles. The van der Waals surface area contributed by atoms with Crippen molar-refractivity contribution in [3.8, 4) is 0 Å². The van der Waals surface area contributed by atoms with Crippen molar-refractivity contribution >= 4 is 23.6 Å². The summed E-state index contributed by atoms with van der Waals surface area (Å²) in [5.41, 5.74) is 1.72. The molecule has 0 bridgehead atoms. The number of likely N-dealkylation sites (tertiary alicyclic amines) is 1. The first-order valence-electron chi connectivity index (χ1n) is 9.46. The summed E-state index contributed by atoms with van der Waals surface area (Å²) >= 11 is 0. The Hall–Kier alpha value is -3.68. The molecule has 3 aromatic heterocycles. The molecule has 4 rings (SSSR count). The monoisotopic (exact) mass is 387 g/mol. The molecule has 0 saturated carbocycles. The van der Waals surface area contributed by atoms with Crippen molar-refractivity contribution in [1.82, 2.24) is 29.8 Å². The van der Waals surface area contributed by atoms with Crippen LogP contribution in [-0.2, 0) is 4.79 Å². The molecule has 0 radical (unpaired) electrons. The zero-order chi connectivity index (χ0) is 20.1. The van der Waals surface area contributed by atoms with Gasteiger partial charge < -0.3 is 10.2 Å². The minimum absolute atomic E-state index is 0.0314. The number of amides is 1. The highest BCUT2D eigenvalue weighted by Crippen LogP contribution is 2.32. The van der Waals surface area contributed by atoms with Crippen LogP contribution in [0, 0.1) is 6.92 Å². The Labute approximate surface area is 168 Å². The molecule has 1 atom stereocenters. The number of carbonyl (C=O) groups excluding carboxylic acids is 1.